The molecular weight excluding hydrogens is 368 g/mol. The van der Waals surface area contributed by atoms with Gasteiger partial charge in [-0.3, -0.25) is 20.4 Å². The summed E-state index contributed by atoms with van der Waals surface area (Å²) in [5, 5.41) is 1.90. The summed E-state index contributed by atoms with van der Waals surface area (Å²) >= 11 is 4.82. The van der Waals surface area contributed by atoms with E-state index >= 15 is 0 Å². The van der Waals surface area contributed by atoms with E-state index in [0.717, 1.165) is 9.35 Å². The maximum absolute atomic E-state index is 11.9. The van der Waals surface area contributed by atoms with Crippen molar-refractivity contribution in [1.29, 1.82) is 0 Å². The quantitative estimate of drug-likeness (QED) is 0.781. The number of carbonyl (C=O) groups excluding carboxylic acids is 2. The molecule has 7 heteroatoms. The summed E-state index contributed by atoms with van der Waals surface area (Å²) in [7, 11) is 0. The van der Waals surface area contributed by atoms with Crippen LogP contribution in [0.4, 0.5) is 0 Å². The summed E-state index contributed by atoms with van der Waals surface area (Å²) < 4.78 is 6.37. The molecule has 0 radical (unpaired) electrons. The van der Waals surface area contributed by atoms with Crippen LogP contribution in [0, 0.1) is 0 Å². The minimum Gasteiger partial charge on any atom is -0.481 e. The van der Waals surface area contributed by atoms with Gasteiger partial charge in [-0.25, -0.2) is 0 Å². The fourth-order valence-corrected chi connectivity index (χ4v) is 2.73. The third-order valence-electron chi connectivity index (χ3n) is 2.72. The first-order chi connectivity index (χ1) is 10.5. The van der Waals surface area contributed by atoms with Gasteiger partial charge in [0.05, 0.1) is 6.42 Å². The molecule has 2 amide bonds. The fourth-order valence-electron chi connectivity index (χ4n) is 1.65. The van der Waals surface area contributed by atoms with Crippen LogP contribution in [0.1, 0.15) is 11.8 Å². The van der Waals surface area contributed by atoms with Crippen molar-refractivity contribution in [3.05, 3.63) is 51.1 Å². The van der Waals surface area contributed by atoms with E-state index < -0.39 is 12.0 Å². The number of thiophene rings is 1. The number of ether oxygens (including phenoxy) is 1. The van der Waals surface area contributed by atoms with Gasteiger partial charge in [-0.15, -0.1) is 11.3 Å². The lowest BCUT2D eigenvalue weighted by Crippen LogP contribution is -2.47. The average molecular weight is 383 g/mol. The van der Waals surface area contributed by atoms with Gasteiger partial charge in [-0.1, -0.05) is 28.1 Å². The molecule has 0 fully saturated rings. The van der Waals surface area contributed by atoms with Crippen LogP contribution >= 0.6 is 27.3 Å². The SMILES string of the molecule is C[C@H](Oc1cccc(Br)c1)C(=O)NNC(=O)Cc1cccs1. The van der Waals surface area contributed by atoms with Crippen LogP contribution in [0.3, 0.4) is 0 Å². The van der Waals surface area contributed by atoms with Crippen LogP contribution in [-0.2, 0) is 16.0 Å². The van der Waals surface area contributed by atoms with Gasteiger partial charge >= 0.3 is 0 Å². The van der Waals surface area contributed by atoms with Crippen molar-refractivity contribution in [3.8, 4) is 5.75 Å². The summed E-state index contributed by atoms with van der Waals surface area (Å²) in [6.07, 6.45) is -0.491. The highest BCUT2D eigenvalue weighted by atomic mass is 79.9. The summed E-state index contributed by atoms with van der Waals surface area (Å²) in [6.45, 7) is 1.61. The topological polar surface area (TPSA) is 67.4 Å². The van der Waals surface area contributed by atoms with Crippen molar-refractivity contribution in [2.24, 2.45) is 0 Å². The first kappa shape index (κ1) is 16.5. The Morgan fingerprint density at radius 2 is 2.09 bits per heavy atom. The van der Waals surface area contributed by atoms with Crippen LogP contribution in [0.2, 0.25) is 0 Å². The van der Waals surface area contributed by atoms with Gasteiger partial charge in [-0.05, 0) is 36.6 Å². The molecule has 0 aliphatic heterocycles. The molecule has 2 rings (SSSR count). The molecule has 116 valence electrons. The average Bonchev–Trinajstić information content (AvgIpc) is 2.97. The highest BCUT2D eigenvalue weighted by Crippen LogP contribution is 2.18. The highest BCUT2D eigenvalue weighted by Gasteiger charge is 2.15. The normalized spacial score (nSPS) is 11.5. The summed E-state index contributed by atoms with van der Waals surface area (Å²) in [6, 6.07) is 10.9. The number of rotatable bonds is 5. The minimum absolute atomic E-state index is 0.235. The molecule has 1 aromatic carbocycles. The zero-order valence-electron chi connectivity index (χ0n) is 11.8. The number of hydrogen-bond acceptors (Lipinski definition) is 4. The number of halogens is 1. The largest absolute Gasteiger partial charge is 0.481 e. The summed E-state index contributed by atoms with van der Waals surface area (Å²) in [5.74, 6) is -0.119. The molecule has 0 bridgehead atoms. The van der Waals surface area contributed by atoms with E-state index in [9.17, 15) is 9.59 Å². The van der Waals surface area contributed by atoms with Gasteiger partial charge in [0.25, 0.3) is 5.91 Å². The second-order valence-electron chi connectivity index (χ2n) is 4.51. The second-order valence-corrected chi connectivity index (χ2v) is 6.46. The Hall–Kier alpha value is -1.86. The van der Waals surface area contributed by atoms with Crippen molar-refractivity contribution >= 4 is 39.1 Å². The fraction of sp³-hybridized carbons (Fsp3) is 0.200. The van der Waals surface area contributed by atoms with Crippen LogP contribution in [0.15, 0.2) is 46.3 Å². The third-order valence-corrected chi connectivity index (χ3v) is 4.09. The maximum Gasteiger partial charge on any atom is 0.279 e. The molecule has 1 atom stereocenters. The standard InChI is InChI=1S/C15H15BrN2O3S/c1-10(21-12-5-2-4-11(16)8-12)15(20)18-17-14(19)9-13-6-3-7-22-13/h2-8,10H,9H2,1H3,(H,17,19)(H,18,20)/t10-/m0/s1. The van der Waals surface area contributed by atoms with Crippen molar-refractivity contribution in [3.63, 3.8) is 0 Å². The van der Waals surface area contributed by atoms with Crippen molar-refractivity contribution < 1.29 is 14.3 Å². The predicted octanol–water partition coefficient (Wildman–Crippen LogP) is 2.67. The molecule has 0 aliphatic carbocycles. The number of benzene rings is 1. The van der Waals surface area contributed by atoms with Gasteiger partial charge in [0.2, 0.25) is 5.91 Å². The zero-order valence-corrected chi connectivity index (χ0v) is 14.2. The minimum atomic E-state index is -0.726. The number of hydrogen-bond donors (Lipinski definition) is 2. The number of nitrogens with one attached hydrogen (secondary N) is 2. The van der Waals surface area contributed by atoms with E-state index in [1.54, 1.807) is 19.1 Å². The molecule has 5 nitrogen and oxygen atoms in total. The lowest BCUT2D eigenvalue weighted by molar-refractivity contribution is -0.132. The molecule has 1 heterocycles. The Kier molecular flexibility index (Phi) is 5.97. The third kappa shape index (κ3) is 5.16. The number of hydrazine groups is 1. The molecule has 2 N–H and O–H groups in total. The van der Waals surface area contributed by atoms with Crippen molar-refractivity contribution in [1.82, 2.24) is 10.9 Å². The number of amides is 2. The van der Waals surface area contributed by atoms with Crippen LogP contribution in [0.25, 0.3) is 0 Å². The number of carbonyl (C=O) groups is 2. The van der Waals surface area contributed by atoms with E-state index in [1.165, 1.54) is 11.3 Å². The molecule has 0 saturated heterocycles. The van der Waals surface area contributed by atoms with E-state index in [2.05, 4.69) is 26.8 Å². The maximum atomic E-state index is 11.9. The lowest BCUT2D eigenvalue weighted by Gasteiger charge is -2.15. The lowest BCUT2D eigenvalue weighted by atomic mass is 10.3. The first-order valence-electron chi connectivity index (χ1n) is 6.58. The van der Waals surface area contributed by atoms with E-state index in [4.69, 9.17) is 4.74 Å². The molecule has 0 saturated carbocycles. The van der Waals surface area contributed by atoms with Gasteiger partial charge in [0.1, 0.15) is 5.75 Å². The molecular formula is C15H15BrN2O3S. The smallest absolute Gasteiger partial charge is 0.279 e. The molecule has 2 aromatic rings. The first-order valence-corrected chi connectivity index (χ1v) is 8.25. The van der Waals surface area contributed by atoms with Crippen molar-refractivity contribution in [2.75, 3.05) is 0 Å². The van der Waals surface area contributed by atoms with Gasteiger partial charge < -0.3 is 4.74 Å². The van der Waals surface area contributed by atoms with Crippen LogP contribution in [0.5, 0.6) is 5.75 Å². The van der Waals surface area contributed by atoms with Crippen LogP contribution < -0.4 is 15.6 Å². The van der Waals surface area contributed by atoms with E-state index in [0.29, 0.717) is 5.75 Å². The second kappa shape index (κ2) is 7.95. The zero-order chi connectivity index (χ0) is 15.9. The van der Waals surface area contributed by atoms with E-state index in [-0.39, 0.29) is 12.3 Å². The molecule has 1 aromatic heterocycles. The molecule has 0 unspecified atom stereocenters. The Morgan fingerprint density at radius 1 is 1.27 bits per heavy atom. The van der Waals surface area contributed by atoms with Gasteiger partial charge in [-0.2, -0.15) is 0 Å². The molecule has 0 aliphatic rings. The van der Waals surface area contributed by atoms with Gasteiger partial charge in [0, 0.05) is 9.35 Å². The van der Waals surface area contributed by atoms with Gasteiger partial charge in [0.15, 0.2) is 6.10 Å². The van der Waals surface area contributed by atoms with Crippen LogP contribution in [-0.4, -0.2) is 17.9 Å². The predicted molar refractivity (Wildman–Crippen MR) is 88.5 cm³/mol. The Bertz CT molecular complexity index is 646. The summed E-state index contributed by atoms with van der Waals surface area (Å²) in [4.78, 5) is 24.5. The Morgan fingerprint density at radius 3 is 2.77 bits per heavy atom. The van der Waals surface area contributed by atoms with Crippen molar-refractivity contribution in [2.45, 2.75) is 19.4 Å². The summed E-state index contributed by atoms with van der Waals surface area (Å²) in [5.41, 5.74) is 4.74. The Labute approximate surface area is 140 Å². The Balaban J connectivity index is 1.77. The highest BCUT2D eigenvalue weighted by molar-refractivity contribution is 9.10. The van der Waals surface area contributed by atoms with E-state index in [1.807, 2.05) is 29.6 Å². The molecule has 22 heavy (non-hydrogen) atoms. The monoisotopic (exact) mass is 382 g/mol. The molecule has 0 spiro atoms.